The predicted octanol–water partition coefficient (Wildman–Crippen LogP) is -0.539. The average molecular weight is 218 g/mol. The lowest BCUT2D eigenvalue weighted by atomic mass is 10.5. The molecular weight excluding hydrogens is 208 g/mol. The predicted molar refractivity (Wildman–Crippen MR) is 57.7 cm³/mol. The van der Waals surface area contributed by atoms with Crippen molar-refractivity contribution in [1.82, 2.24) is 30.8 Å². The van der Waals surface area contributed by atoms with Crippen molar-refractivity contribution in [3.63, 3.8) is 0 Å². The van der Waals surface area contributed by atoms with E-state index in [2.05, 4.69) is 40.8 Å². The lowest BCUT2D eigenvalue weighted by Crippen LogP contribution is -1.90. The maximum Gasteiger partial charge on any atom is 0.123 e. The van der Waals surface area contributed by atoms with E-state index >= 15 is 0 Å². The molecule has 0 atom stereocenters. The van der Waals surface area contributed by atoms with Crippen LogP contribution in [-0.4, -0.2) is 56.3 Å². The molecule has 2 aromatic heterocycles. The average Bonchev–Trinajstić information content (AvgIpc) is 2.96. The summed E-state index contributed by atoms with van der Waals surface area (Å²) in [5.41, 5.74) is 1.42. The molecule has 0 saturated heterocycles. The minimum Gasteiger partial charge on any atom is -0.289 e. The smallest absolute Gasteiger partial charge is 0.123 e. The highest BCUT2D eigenvalue weighted by atomic mass is 15.3. The number of rotatable bonds is 5. The van der Waals surface area contributed by atoms with Crippen LogP contribution in [0.1, 0.15) is 11.4 Å². The summed E-state index contributed by atoms with van der Waals surface area (Å²) in [5, 5.41) is 20.0. The molecule has 2 aromatic rings. The highest BCUT2D eigenvalue weighted by Crippen LogP contribution is 1.84. The molecule has 0 saturated carbocycles. The van der Waals surface area contributed by atoms with E-state index in [1.54, 1.807) is 24.8 Å². The van der Waals surface area contributed by atoms with Crippen LogP contribution in [0.15, 0.2) is 22.4 Å². The van der Waals surface area contributed by atoms with E-state index in [9.17, 15) is 0 Å². The minimum atomic E-state index is 0.598. The first-order chi connectivity index (χ1) is 7.95. The Hall–Kier alpha value is -2.38. The Morgan fingerprint density at radius 2 is 1.44 bits per heavy atom. The zero-order chi connectivity index (χ0) is 11.1. The summed E-state index contributed by atoms with van der Waals surface area (Å²) in [6, 6.07) is 0. The van der Waals surface area contributed by atoms with Gasteiger partial charge in [0.25, 0.3) is 0 Å². The van der Waals surface area contributed by atoms with Crippen molar-refractivity contribution in [3.8, 4) is 0 Å². The third kappa shape index (κ3) is 3.08. The van der Waals surface area contributed by atoms with Crippen LogP contribution in [0.3, 0.4) is 0 Å². The number of hydrogen-bond donors (Lipinski definition) is 2. The van der Waals surface area contributed by atoms with Crippen LogP contribution in [0.5, 0.6) is 0 Å². The lowest BCUT2D eigenvalue weighted by molar-refractivity contribution is 0.934. The Labute approximate surface area is 90.9 Å². The number of aliphatic imine (C=N–C) groups is 2. The number of nitrogens with one attached hydrogen (secondary N) is 2. The summed E-state index contributed by atoms with van der Waals surface area (Å²) in [5.74, 6) is 0. The van der Waals surface area contributed by atoms with Crippen LogP contribution >= 0.6 is 0 Å². The summed E-state index contributed by atoms with van der Waals surface area (Å²) >= 11 is 0. The van der Waals surface area contributed by atoms with Gasteiger partial charge in [-0.15, -0.1) is 0 Å². The molecule has 82 valence electrons. The molecule has 0 bridgehead atoms. The Kier molecular flexibility index (Phi) is 3.48. The van der Waals surface area contributed by atoms with E-state index in [0.29, 0.717) is 24.5 Å². The molecule has 8 nitrogen and oxygen atoms in total. The zero-order valence-corrected chi connectivity index (χ0v) is 8.41. The monoisotopic (exact) mass is 218 g/mol. The van der Waals surface area contributed by atoms with Crippen LogP contribution in [0.4, 0.5) is 0 Å². The molecule has 0 aliphatic carbocycles. The molecule has 0 amide bonds. The van der Waals surface area contributed by atoms with Gasteiger partial charge in [0.15, 0.2) is 0 Å². The third-order valence-electron chi connectivity index (χ3n) is 1.67. The number of H-pyrrole nitrogens is 2. The van der Waals surface area contributed by atoms with Crippen molar-refractivity contribution in [2.75, 3.05) is 13.1 Å². The molecule has 0 fully saturated rings. The van der Waals surface area contributed by atoms with Gasteiger partial charge in [-0.25, -0.2) is 0 Å². The van der Waals surface area contributed by atoms with Crippen molar-refractivity contribution < 1.29 is 0 Å². The standard InChI is InChI=1S/C8H10N8/c1(9-3-7-5-11-15-13-7)2-10-4-8-6-12-16-14-8/h3-6H,1-2H2,(H,11,13,15)(H,12,14,16). The van der Waals surface area contributed by atoms with Crippen molar-refractivity contribution in [1.29, 1.82) is 0 Å². The number of hydrogen-bond acceptors (Lipinski definition) is 6. The van der Waals surface area contributed by atoms with Crippen molar-refractivity contribution in [3.05, 3.63) is 23.8 Å². The van der Waals surface area contributed by atoms with Crippen LogP contribution in [0.25, 0.3) is 0 Å². The van der Waals surface area contributed by atoms with Crippen LogP contribution in [0.2, 0.25) is 0 Å². The Morgan fingerprint density at radius 3 is 1.81 bits per heavy atom. The number of aromatic nitrogens is 6. The highest BCUT2D eigenvalue weighted by Gasteiger charge is 1.89. The topological polar surface area (TPSA) is 108 Å². The van der Waals surface area contributed by atoms with Gasteiger partial charge in [-0.2, -0.15) is 30.8 Å². The molecule has 8 heteroatoms. The Balaban J connectivity index is 1.69. The first-order valence-corrected chi connectivity index (χ1v) is 4.66. The summed E-state index contributed by atoms with van der Waals surface area (Å²) in [6.45, 7) is 1.20. The molecular formula is C8H10N8. The van der Waals surface area contributed by atoms with E-state index in [1.165, 1.54) is 0 Å². The van der Waals surface area contributed by atoms with E-state index in [1.807, 2.05) is 0 Å². The SMILES string of the molecule is C(=NCCN=Cc1cn[nH]n1)c1cn[nH]n1. The van der Waals surface area contributed by atoms with Crippen molar-refractivity contribution >= 4 is 12.4 Å². The fourth-order valence-corrected chi connectivity index (χ4v) is 0.977. The maximum absolute atomic E-state index is 4.13. The zero-order valence-electron chi connectivity index (χ0n) is 8.41. The van der Waals surface area contributed by atoms with Gasteiger partial charge in [-0.05, 0) is 0 Å². The number of aromatic amines is 2. The molecule has 0 radical (unpaired) electrons. The normalized spacial score (nSPS) is 11.8. The molecule has 0 aliphatic heterocycles. The Morgan fingerprint density at radius 1 is 0.938 bits per heavy atom. The van der Waals surface area contributed by atoms with Gasteiger partial charge in [0, 0.05) is 0 Å². The van der Waals surface area contributed by atoms with E-state index < -0.39 is 0 Å². The molecule has 0 aromatic carbocycles. The fourth-order valence-electron chi connectivity index (χ4n) is 0.977. The van der Waals surface area contributed by atoms with E-state index in [0.717, 1.165) is 0 Å². The second kappa shape index (κ2) is 5.49. The summed E-state index contributed by atoms with van der Waals surface area (Å²) in [7, 11) is 0. The van der Waals surface area contributed by atoms with Crippen LogP contribution in [-0.2, 0) is 0 Å². The van der Waals surface area contributed by atoms with Gasteiger partial charge in [0.1, 0.15) is 11.4 Å². The van der Waals surface area contributed by atoms with Crippen LogP contribution in [0, 0.1) is 0 Å². The van der Waals surface area contributed by atoms with Gasteiger partial charge in [0.05, 0.1) is 37.9 Å². The van der Waals surface area contributed by atoms with Gasteiger partial charge >= 0.3 is 0 Å². The molecule has 0 unspecified atom stereocenters. The quantitative estimate of drug-likeness (QED) is 0.519. The second-order valence-corrected chi connectivity index (χ2v) is 2.86. The van der Waals surface area contributed by atoms with Crippen molar-refractivity contribution in [2.24, 2.45) is 9.98 Å². The number of nitrogens with zero attached hydrogens (tertiary/aromatic N) is 6. The first kappa shape index (κ1) is 10.1. The maximum atomic E-state index is 4.13. The summed E-state index contributed by atoms with van der Waals surface area (Å²) in [4.78, 5) is 8.26. The molecule has 0 aliphatic rings. The molecule has 2 rings (SSSR count). The van der Waals surface area contributed by atoms with E-state index in [4.69, 9.17) is 0 Å². The van der Waals surface area contributed by atoms with E-state index in [-0.39, 0.29) is 0 Å². The van der Waals surface area contributed by atoms with Gasteiger partial charge in [-0.3, -0.25) is 9.98 Å². The summed E-state index contributed by atoms with van der Waals surface area (Å²) < 4.78 is 0. The van der Waals surface area contributed by atoms with Gasteiger partial charge in [0.2, 0.25) is 0 Å². The van der Waals surface area contributed by atoms with Gasteiger partial charge in [-0.1, -0.05) is 0 Å². The molecule has 2 heterocycles. The lowest BCUT2D eigenvalue weighted by Gasteiger charge is -1.86. The summed E-state index contributed by atoms with van der Waals surface area (Å²) in [6.07, 6.45) is 6.49. The Bertz CT molecular complexity index is 396. The van der Waals surface area contributed by atoms with Gasteiger partial charge < -0.3 is 0 Å². The first-order valence-electron chi connectivity index (χ1n) is 4.66. The minimum absolute atomic E-state index is 0.598. The highest BCUT2D eigenvalue weighted by molar-refractivity contribution is 5.76. The fraction of sp³-hybridized carbons (Fsp3) is 0.250. The van der Waals surface area contributed by atoms with Crippen molar-refractivity contribution in [2.45, 2.75) is 0 Å². The largest absolute Gasteiger partial charge is 0.289 e. The van der Waals surface area contributed by atoms with Crippen LogP contribution < -0.4 is 0 Å². The molecule has 0 spiro atoms. The third-order valence-corrected chi connectivity index (χ3v) is 1.67. The molecule has 2 N–H and O–H groups in total. The second-order valence-electron chi connectivity index (χ2n) is 2.86. The molecule has 16 heavy (non-hydrogen) atoms.